The maximum absolute atomic E-state index is 10.9. The lowest BCUT2D eigenvalue weighted by molar-refractivity contribution is -0.123. The molecule has 0 bridgehead atoms. The highest BCUT2D eigenvalue weighted by atomic mass is 127. The van der Waals surface area contributed by atoms with E-state index in [1.54, 1.807) is 0 Å². The van der Waals surface area contributed by atoms with Crippen LogP contribution >= 0.6 is 30.4 Å². The molecule has 1 N–H and O–H groups in total. The number of hydrogen-bond acceptors (Lipinski definition) is 3. The van der Waals surface area contributed by atoms with E-state index in [2.05, 4.69) is 26.5 Å². The number of nitrogens with one attached hydrogen (secondary N) is 1. The number of halogens is 1. The van der Waals surface area contributed by atoms with Crippen molar-refractivity contribution in [3.8, 4) is 0 Å². The fourth-order valence-corrected chi connectivity index (χ4v) is 1.80. The summed E-state index contributed by atoms with van der Waals surface area (Å²) in [6, 6.07) is 0. The summed E-state index contributed by atoms with van der Waals surface area (Å²) in [7, 11) is 1.33. The van der Waals surface area contributed by atoms with Gasteiger partial charge in [-0.05, 0) is 12.3 Å². The molecule has 11 heavy (non-hydrogen) atoms. The number of hydrogen-bond donors (Lipinski definition) is 1. The van der Waals surface area contributed by atoms with E-state index in [0.717, 1.165) is 13.0 Å². The van der Waals surface area contributed by atoms with Crippen molar-refractivity contribution < 1.29 is 8.98 Å². The van der Waals surface area contributed by atoms with Crippen LogP contribution in [0.4, 0.5) is 0 Å². The highest BCUT2D eigenvalue weighted by molar-refractivity contribution is 14.2. The zero-order chi connectivity index (χ0) is 8.10. The lowest BCUT2D eigenvalue weighted by Crippen LogP contribution is -2.34. The first-order valence-corrected chi connectivity index (χ1v) is 6.78. The van der Waals surface area contributed by atoms with Gasteiger partial charge in [0.2, 0.25) is 5.91 Å². The topological polar surface area (TPSA) is 38.3 Å². The van der Waals surface area contributed by atoms with Crippen LogP contribution in [0.25, 0.3) is 0 Å². The zero-order valence-electron chi connectivity index (χ0n) is 6.01. The van der Waals surface area contributed by atoms with Crippen LogP contribution in [0.3, 0.4) is 0 Å². The number of piperidine rings is 1. The summed E-state index contributed by atoms with van der Waals surface area (Å²) in [5.41, 5.74) is 0. The van der Waals surface area contributed by atoms with Crippen LogP contribution in [-0.2, 0) is 8.98 Å². The summed E-state index contributed by atoms with van der Waals surface area (Å²) in [6.07, 6.45) is 1.67. The van der Waals surface area contributed by atoms with E-state index >= 15 is 0 Å². The van der Waals surface area contributed by atoms with Gasteiger partial charge in [-0.25, -0.2) is 0 Å². The van der Waals surface area contributed by atoms with Gasteiger partial charge in [0.25, 0.3) is 0 Å². The second-order valence-corrected chi connectivity index (χ2v) is 4.00. The van der Waals surface area contributed by atoms with E-state index in [-0.39, 0.29) is 5.91 Å². The number of carbonyl (C=O) groups excluding carboxylic acids is 1. The Kier molecular flexibility index (Phi) is 4.54. The molecule has 1 heterocycles. The molecule has 1 unspecified atom stereocenters. The van der Waals surface area contributed by atoms with Crippen molar-refractivity contribution >= 4 is 36.3 Å². The predicted molar refractivity (Wildman–Crippen MR) is 53.3 cm³/mol. The molecule has 0 aromatic carbocycles. The molecule has 1 rings (SSSR count). The molecule has 0 spiro atoms. The maximum atomic E-state index is 10.9. The molecule has 1 saturated heterocycles. The molecule has 5 heteroatoms. The summed E-state index contributed by atoms with van der Waals surface area (Å²) >= 11 is 2.08. The molecule has 0 radical (unpaired) electrons. The highest BCUT2D eigenvalue weighted by Crippen LogP contribution is 2.19. The average Bonchev–Trinajstić information content (AvgIpc) is 2.01. The summed E-state index contributed by atoms with van der Waals surface area (Å²) in [5.74, 6) is 0.578. The van der Waals surface area contributed by atoms with E-state index in [4.69, 9.17) is 4.18 Å². The molecule has 0 aromatic heterocycles. The standard InChI is InChI=1S/C6H10INO2S/c7-11-10-4-5-1-2-8-6(9)3-5/h5H,1-4H2,(H,8,9). The number of carbonyl (C=O) groups is 1. The van der Waals surface area contributed by atoms with Gasteiger partial charge in [-0.15, -0.1) is 0 Å². The molecule has 64 valence electrons. The lowest BCUT2D eigenvalue weighted by Gasteiger charge is -2.20. The van der Waals surface area contributed by atoms with Crippen molar-refractivity contribution in [1.82, 2.24) is 5.32 Å². The van der Waals surface area contributed by atoms with Crippen molar-refractivity contribution in [2.24, 2.45) is 5.92 Å². The maximum Gasteiger partial charge on any atom is 0.220 e. The second kappa shape index (κ2) is 5.21. The summed E-state index contributed by atoms with van der Waals surface area (Å²) < 4.78 is 5.14. The molecular weight excluding hydrogens is 277 g/mol. The Balaban J connectivity index is 2.17. The third-order valence-corrected chi connectivity index (χ3v) is 2.69. The zero-order valence-corrected chi connectivity index (χ0v) is 8.98. The van der Waals surface area contributed by atoms with E-state index < -0.39 is 0 Å². The number of amides is 1. The quantitative estimate of drug-likeness (QED) is 0.632. The van der Waals surface area contributed by atoms with Crippen LogP contribution < -0.4 is 5.32 Å². The monoisotopic (exact) mass is 287 g/mol. The molecular formula is C6H10INO2S. The Labute approximate surface area is 82.4 Å². The second-order valence-electron chi connectivity index (χ2n) is 2.56. The molecule has 1 aliphatic rings. The molecule has 0 aromatic rings. The first-order chi connectivity index (χ1) is 5.33. The van der Waals surface area contributed by atoms with Gasteiger partial charge < -0.3 is 9.50 Å². The van der Waals surface area contributed by atoms with Crippen LogP contribution in [0.2, 0.25) is 0 Å². The summed E-state index contributed by atoms with van der Waals surface area (Å²) in [4.78, 5) is 10.9. The lowest BCUT2D eigenvalue weighted by atomic mass is 9.99. The van der Waals surface area contributed by atoms with E-state index in [9.17, 15) is 4.79 Å². The molecule has 1 atom stereocenters. The summed E-state index contributed by atoms with van der Waals surface area (Å²) in [6.45, 7) is 1.50. The number of rotatable bonds is 3. The third kappa shape index (κ3) is 3.62. The van der Waals surface area contributed by atoms with Crippen molar-refractivity contribution in [1.29, 1.82) is 0 Å². The first kappa shape index (κ1) is 9.60. The molecule has 0 saturated carbocycles. The van der Waals surface area contributed by atoms with Gasteiger partial charge >= 0.3 is 0 Å². The molecule has 3 nitrogen and oxygen atoms in total. The van der Waals surface area contributed by atoms with E-state index in [0.29, 0.717) is 18.9 Å². The van der Waals surface area contributed by atoms with Gasteiger partial charge in [0.1, 0.15) is 0 Å². The minimum Gasteiger partial charge on any atom is -0.356 e. The molecule has 1 aliphatic heterocycles. The van der Waals surface area contributed by atoms with Gasteiger partial charge in [-0.2, -0.15) is 0 Å². The Morgan fingerprint density at radius 3 is 3.27 bits per heavy atom. The van der Waals surface area contributed by atoms with Crippen LogP contribution in [0, 0.1) is 5.92 Å². The first-order valence-electron chi connectivity index (χ1n) is 3.50. The summed E-state index contributed by atoms with van der Waals surface area (Å²) in [5, 5.41) is 2.79. The van der Waals surface area contributed by atoms with Crippen LogP contribution in [0.15, 0.2) is 0 Å². The van der Waals surface area contributed by atoms with E-state index in [1.165, 1.54) is 9.21 Å². The molecule has 1 fully saturated rings. The van der Waals surface area contributed by atoms with Crippen molar-refractivity contribution in [2.75, 3.05) is 13.2 Å². The predicted octanol–water partition coefficient (Wildman–Crippen LogP) is 1.53. The fourth-order valence-electron chi connectivity index (χ4n) is 1.12. The van der Waals surface area contributed by atoms with Gasteiger partial charge in [0.15, 0.2) is 0 Å². The van der Waals surface area contributed by atoms with Crippen LogP contribution in [0.5, 0.6) is 0 Å². The van der Waals surface area contributed by atoms with E-state index in [1.807, 2.05) is 0 Å². The molecule has 1 amide bonds. The minimum absolute atomic E-state index is 0.156. The molecule has 0 aliphatic carbocycles. The van der Waals surface area contributed by atoms with Gasteiger partial charge in [0, 0.05) is 34.2 Å². The van der Waals surface area contributed by atoms with Crippen molar-refractivity contribution in [2.45, 2.75) is 12.8 Å². The Bertz CT molecular complexity index is 145. The van der Waals surface area contributed by atoms with Crippen LogP contribution in [0.1, 0.15) is 12.8 Å². The SMILES string of the molecule is O=C1CC(COSI)CCN1. The van der Waals surface area contributed by atoms with Gasteiger partial charge in [-0.3, -0.25) is 4.79 Å². The Morgan fingerprint density at radius 2 is 2.64 bits per heavy atom. The van der Waals surface area contributed by atoms with Crippen molar-refractivity contribution in [3.63, 3.8) is 0 Å². The fraction of sp³-hybridized carbons (Fsp3) is 0.833. The van der Waals surface area contributed by atoms with Crippen LogP contribution in [-0.4, -0.2) is 19.1 Å². The normalized spacial score (nSPS) is 24.8. The Morgan fingerprint density at radius 1 is 1.82 bits per heavy atom. The highest BCUT2D eigenvalue weighted by Gasteiger charge is 2.18. The smallest absolute Gasteiger partial charge is 0.220 e. The Hall–Kier alpha value is 0.510. The average molecular weight is 287 g/mol. The van der Waals surface area contributed by atoms with Gasteiger partial charge in [0.05, 0.1) is 15.8 Å². The van der Waals surface area contributed by atoms with Gasteiger partial charge in [-0.1, -0.05) is 0 Å². The third-order valence-electron chi connectivity index (χ3n) is 1.70. The largest absolute Gasteiger partial charge is 0.356 e. The van der Waals surface area contributed by atoms with Crippen molar-refractivity contribution in [3.05, 3.63) is 0 Å². The minimum atomic E-state index is 0.156.